The number of hydrogen-bond acceptors (Lipinski definition) is 6. The number of benzene rings is 2. The molecule has 24 heavy (non-hydrogen) atoms. The number of rotatable bonds is 7. The van der Waals surface area contributed by atoms with Crippen molar-refractivity contribution in [2.45, 2.75) is 19.1 Å². The molecule has 0 bridgehead atoms. The van der Waals surface area contributed by atoms with Crippen LogP contribution in [0.2, 0.25) is 0 Å². The first-order valence-corrected chi connectivity index (χ1v) is 8.21. The van der Waals surface area contributed by atoms with Gasteiger partial charge < -0.3 is 4.72 Å². The molecule has 0 aromatic heterocycles. The van der Waals surface area contributed by atoms with Gasteiger partial charge in [0.05, 0.1) is 16.3 Å². The third-order valence-corrected chi connectivity index (χ3v) is 4.01. The van der Waals surface area contributed by atoms with Gasteiger partial charge >= 0.3 is 0 Å². The number of hydrogen-bond donors (Lipinski definition) is 3. The average Bonchev–Trinajstić information content (AvgIpc) is 2.59. The lowest BCUT2D eigenvalue weighted by atomic mass is 9.99. The third-order valence-electron chi connectivity index (χ3n) is 3.20. The summed E-state index contributed by atoms with van der Waals surface area (Å²) in [6.07, 6.45) is 0. The van der Waals surface area contributed by atoms with Crippen LogP contribution in [0.1, 0.15) is 25.0 Å². The number of anilines is 1. The van der Waals surface area contributed by atoms with E-state index in [-0.39, 0.29) is 22.4 Å². The van der Waals surface area contributed by atoms with Crippen LogP contribution in [0, 0.1) is 20.9 Å². The summed E-state index contributed by atoms with van der Waals surface area (Å²) in [4.78, 5) is 10.7. The lowest BCUT2D eigenvalue weighted by molar-refractivity contribution is -0.383. The quantitative estimate of drug-likeness (QED) is 0.298. The van der Waals surface area contributed by atoms with Crippen LogP contribution < -0.4 is 4.72 Å². The van der Waals surface area contributed by atoms with Crippen molar-refractivity contribution in [2.24, 2.45) is 0 Å². The van der Waals surface area contributed by atoms with Crippen molar-refractivity contribution in [3.63, 3.8) is 0 Å². The van der Waals surface area contributed by atoms with E-state index < -0.39 is 4.92 Å². The Balaban J connectivity index is 2.33. The van der Waals surface area contributed by atoms with Crippen LogP contribution in [0.5, 0.6) is 0 Å². The van der Waals surface area contributed by atoms with E-state index in [4.69, 9.17) is 10.8 Å². The van der Waals surface area contributed by atoms with E-state index in [1.165, 1.54) is 24.1 Å². The molecule has 0 amide bonds. The Hall–Kier alpha value is -2.67. The molecule has 0 unspecified atom stereocenters. The fourth-order valence-electron chi connectivity index (χ4n) is 2.01. The summed E-state index contributed by atoms with van der Waals surface area (Å²) in [7, 11) is 0. The highest BCUT2D eigenvalue weighted by atomic mass is 32.2. The summed E-state index contributed by atoms with van der Waals surface area (Å²) in [5.41, 5.74) is 1.47. The van der Waals surface area contributed by atoms with Gasteiger partial charge in [0.15, 0.2) is 0 Å². The zero-order valence-electron chi connectivity index (χ0n) is 13.4. The second-order valence-electron chi connectivity index (χ2n) is 5.37. The summed E-state index contributed by atoms with van der Waals surface area (Å²) >= 11 is 1.36. The molecule has 0 saturated heterocycles. The Morgan fingerprint density at radius 2 is 1.71 bits per heavy atom. The summed E-state index contributed by atoms with van der Waals surface area (Å²) in [6.45, 7) is 3.95. The topological polar surface area (TPSA) is 103 Å². The Kier molecular flexibility index (Phi) is 5.70. The van der Waals surface area contributed by atoms with Crippen LogP contribution in [-0.2, 0) is 0 Å². The first-order valence-electron chi connectivity index (χ1n) is 7.33. The van der Waals surface area contributed by atoms with E-state index in [0.29, 0.717) is 16.8 Å². The standard InChI is InChI=1S/C17H18N4O2S/c1-11(2)24-20-14-10-13(8-9-15(14)21(22)23)17(19)16(18)12-6-4-3-5-7-12/h3-11,18-20H,1-2H3. The molecule has 0 atom stereocenters. The minimum atomic E-state index is -0.459. The molecule has 0 aliphatic heterocycles. The van der Waals surface area contributed by atoms with Crippen molar-refractivity contribution < 1.29 is 4.92 Å². The molecule has 3 N–H and O–H groups in total. The largest absolute Gasteiger partial charge is 0.324 e. The summed E-state index contributed by atoms with van der Waals surface area (Å²) in [6, 6.07) is 13.4. The van der Waals surface area contributed by atoms with Crippen molar-refractivity contribution in [2.75, 3.05) is 4.72 Å². The summed E-state index contributed by atoms with van der Waals surface area (Å²) in [5, 5.41) is 27.8. The third kappa shape index (κ3) is 4.20. The van der Waals surface area contributed by atoms with Gasteiger partial charge in [-0.15, -0.1) is 0 Å². The highest BCUT2D eigenvalue weighted by Gasteiger charge is 2.18. The first kappa shape index (κ1) is 17.7. The molecule has 2 rings (SSSR count). The first-order chi connectivity index (χ1) is 11.4. The molecular weight excluding hydrogens is 324 g/mol. The monoisotopic (exact) mass is 342 g/mol. The zero-order valence-corrected chi connectivity index (χ0v) is 14.2. The molecule has 0 aliphatic rings. The maximum absolute atomic E-state index is 11.2. The Labute approximate surface area is 144 Å². The molecule has 2 aromatic carbocycles. The molecule has 124 valence electrons. The fourth-order valence-corrected chi connectivity index (χ4v) is 2.53. The van der Waals surface area contributed by atoms with E-state index in [9.17, 15) is 10.1 Å². The highest BCUT2D eigenvalue weighted by Crippen LogP contribution is 2.29. The minimum absolute atomic E-state index is 0.0219. The molecule has 0 spiro atoms. The van der Waals surface area contributed by atoms with Gasteiger partial charge in [-0.05, 0) is 24.1 Å². The zero-order chi connectivity index (χ0) is 17.7. The van der Waals surface area contributed by atoms with Crippen molar-refractivity contribution in [1.29, 1.82) is 10.8 Å². The maximum atomic E-state index is 11.2. The normalized spacial score (nSPS) is 10.5. The Morgan fingerprint density at radius 1 is 1.08 bits per heavy atom. The maximum Gasteiger partial charge on any atom is 0.293 e. The Morgan fingerprint density at radius 3 is 2.29 bits per heavy atom. The van der Waals surface area contributed by atoms with Crippen molar-refractivity contribution in [3.8, 4) is 0 Å². The fraction of sp³-hybridized carbons (Fsp3) is 0.176. The van der Waals surface area contributed by atoms with Crippen molar-refractivity contribution in [3.05, 3.63) is 69.8 Å². The molecule has 6 nitrogen and oxygen atoms in total. The van der Waals surface area contributed by atoms with Gasteiger partial charge in [0.1, 0.15) is 5.69 Å². The van der Waals surface area contributed by atoms with E-state index in [2.05, 4.69) is 4.72 Å². The van der Waals surface area contributed by atoms with Crippen molar-refractivity contribution in [1.82, 2.24) is 0 Å². The molecule has 7 heteroatoms. The van der Waals surface area contributed by atoms with Gasteiger partial charge in [0.25, 0.3) is 5.69 Å². The predicted molar refractivity (Wildman–Crippen MR) is 99.5 cm³/mol. The van der Waals surface area contributed by atoms with E-state index in [1.807, 2.05) is 19.9 Å². The molecule has 0 saturated carbocycles. The second-order valence-corrected chi connectivity index (χ2v) is 6.76. The van der Waals surface area contributed by atoms with Gasteiger partial charge in [0.2, 0.25) is 0 Å². The Bertz CT molecular complexity index is 775. The average molecular weight is 342 g/mol. The van der Waals surface area contributed by atoms with Crippen LogP contribution in [-0.4, -0.2) is 21.6 Å². The van der Waals surface area contributed by atoms with Crippen LogP contribution in [0.25, 0.3) is 0 Å². The smallest absolute Gasteiger partial charge is 0.293 e. The van der Waals surface area contributed by atoms with Crippen LogP contribution >= 0.6 is 11.9 Å². The van der Waals surface area contributed by atoms with Crippen LogP contribution in [0.4, 0.5) is 11.4 Å². The minimum Gasteiger partial charge on any atom is -0.324 e. The second kappa shape index (κ2) is 7.74. The predicted octanol–water partition coefficient (Wildman–Crippen LogP) is 4.50. The molecule has 0 radical (unpaired) electrons. The number of nitro benzene ring substituents is 1. The molecule has 2 aromatic rings. The lowest BCUT2D eigenvalue weighted by Crippen LogP contribution is -2.15. The number of nitrogens with one attached hydrogen (secondary N) is 3. The van der Waals surface area contributed by atoms with Gasteiger partial charge in [0, 0.05) is 22.4 Å². The molecular formula is C17H18N4O2S. The highest BCUT2D eigenvalue weighted by molar-refractivity contribution is 8.01. The number of nitrogens with zero attached hydrogens (tertiary/aromatic N) is 1. The summed E-state index contributed by atoms with van der Waals surface area (Å²) in [5.74, 6) is 0. The van der Waals surface area contributed by atoms with Gasteiger partial charge in [-0.3, -0.25) is 20.9 Å². The van der Waals surface area contributed by atoms with Gasteiger partial charge in [-0.2, -0.15) is 0 Å². The number of nitro groups is 1. The van der Waals surface area contributed by atoms with Crippen LogP contribution in [0.3, 0.4) is 0 Å². The SMILES string of the molecule is CC(C)SNc1cc(C(=N)C(=N)c2ccccc2)ccc1[N+](=O)[O-]. The molecule has 0 heterocycles. The van der Waals surface area contributed by atoms with Crippen LogP contribution in [0.15, 0.2) is 48.5 Å². The lowest BCUT2D eigenvalue weighted by Gasteiger charge is -2.11. The van der Waals surface area contributed by atoms with E-state index in [0.717, 1.165) is 0 Å². The van der Waals surface area contributed by atoms with E-state index >= 15 is 0 Å². The van der Waals surface area contributed by atoms with Crippen molar-refractivity contribution >= 4 is 34.7 Å². The van der Waals surface area contributed by atoms with E-state index in [1.54, 1.807) is 30.3 Å². The van der Waals surface area contributed by atoms with Gasteiger partial charge in [-0.25, -0.2) is 0 Å². The van der Waals surface area contributed by atoms with Gasteiger partial charge in [-0.1, -0.05) is 44.2 Å². The summed E-state index contributed by atoms with van der Waals surface area (Å²) < 4.78 is 2.98. The molecule has 0 aliphatic carbocycles. The molecule has 0 fully saturated rings.